The molecule has 0 amide bonds. The van der Waals surface area contributed by atoms with E-state index in [0.29, 0.717) is 0 Å². The van der Waals surface area contributed by atoms with Gasteiger partial charge in [-0.25, -0.2) is 0 Å². The van der Waals surface area contributed by atoms with Crippen LogP contribution >= 0.6 is 22.6 Å². The Kier molecular flexibility index (Phi) is 6.20. The van der Waals surface area contributed by atoms with Crippen molar-refractivity contribution in [1.82, 2.24) is 10.2 Å². The van der Waals surface area contributed by atoms with E-state index in [-0.39, 0.29) is 0 Å². The van der Waals surface area contributed by atoms with E-state index in [0.717, 1.165) is 19.6 Å². The predicted molar refractivity (Wildman–Crippen MR) is 74.0 cm³/mol. The molecule has 0 aliphatic carbocycles. The third-order valence-electron chi connectivity index (χ3n) is 2.33. The number of nitrogens with one attached hydrogen (secondary N) is 1. The van der Waals surface area contributed by atoms with Gasteiger partial charge in [0, 0.05) is 10.1 Å². The fourth-order valence-corrected chi connectivity index (χ4v) is 1.87. The summed E-state index contributed by atoms with van der Waals surface area (Å²) in [6, 6.07) is 8.74. The van der Waals surface area contributed by atoms with Gasteiger partial charge < -0.3 is 10.2 Å². The highest BCUT2D eigenvalue weighted by atomic mass is 127. The Morgan fingerprint density at radius 3 is 2.53 bits per heavy atom. The van der Waals surface area contributed by atoms with Crippen LogP contribution in [0.5, 0.6) is 0 Å². The maximum atomic E-state index is 3.17. The average molecular weight is 318 g/mol. The van der Waals surface area contributed by atoms with E-state index in [1.807, 2.05) is 7.05 Å². The second-order valence-electron chi connectivity index (χ2n) is 3.82. The lowest BCUT2D eigenvalue weighted by Crippen LogP contribution is -2.22. The number of halogens is 1. The molecule has 0 radical (unpaired) electrons. The van der Waals surface area contributed by atoms with Gasteiger partial charge in [0.25, 0.3) is 0 Å². The minimum atomic E-state index is 1.04. The minimum absolute atomic E-state index is 1.04. The summed E-state index contributed by atoms with van der Waals surface area (Å²) in [5, 5.41) is 3.17. The van der Waals surface area contributed by atoms with Gasteiger partial charge in [0.15, 0.2) is 0 Å². The fourth-order valence-electron chi connectivity index (χ4n) is 1.51. The van der Waals surface area contributed by atoms with Crippen molar-refractivity contribution in [2.75, 3.05) is 27.2 Å². The molecular weight excluding hydrogens is 299 g/mol. The molecule has 0 aromatic heterocycles. The fraction of sp³-hybridized carbons (Fsp3) is 0.500. The van der Waals surface area contributed by atoms with Crippen LogP contribution < -0.4 is 5.32 Å². The number of hydrogen-bond acceptors (Lipinski definition) is 2. The van der Waals surface area contributed by atoms with Crippen LogP contribution in [-0.4, -0.2) is 32.1 Å². The molecule has 0 saturated heterocycles. The quantitative estimate of drug-likeness (QED) is 0.640. The number of nitrogens with zero attached hydrogens (tertiary/aromatic N) is 1. The minimum Gasteiger partial charge on any atom is -0.320 e. The summed E-state index contributed by atoms with van der Waals surface area (Å²) in [7, 11) is 4.17. The summed E-state index contributed by atoms with van der Waals surface area (Å²) in [5.74, 6) is 0. The summed E-state index contributed by atoms with van der Waals surface area (Å²) in [6.45, 7) is 3.28. The zero-order valence-electron chi connectivity index (χ0n) is 9.46. The Bertz CT molecular complexity index is 271. The summed E-state index contributed by atoms with van der Waals surface area (Å²) >= 11 is 2.34. The van der Waals surface area contributed by atoms with E-state index in [1.54, 1.807) is 0 Å². The summed E-state index contributed by atoms with van der Waals surface area (Å²) in [6.07, 6.45) is 1.21. The molecule has 0 saturated carbocycles. The highest BCUT2D eigenvalue weighted by molar-refractivity contribution is 14.1. The van der Waals surface area contributed by atoms with Crippen molar-refractivity contribution in [3.8, 4) is 0 Å². The van der Waals surface area contributed by atoms with E-state index in [4.69, 9.17) is 0 Å². The lowest BCUT2D eigenvalue weighted by Gasteiger charge is -2.16. The predicted octanol–water partition coefficient (Wildman–Crippen LogP) is 2.33. The van der Waals surface area contributed by atoms with Crippen molar-refractivity contribution in [3.05, 3.63) is 33.4 Å². The average Bonchev–Trinajstić information content (AvgIpc) is 2.22. The van der Waals surface area contributed by atoms with Gasteiger partial charge in [-0.1, -0.05) is 12.1 Å². The molecular formula is C12H19IN2. The molecule has 1 aromatic carbocycles. The Labute approximate surface area is 106 Å². The molecule has 0 fully saturated rings. The molecule has 1 aromatic rings. The molecule has 0 atom stereocenters. The van der Waals surface area contributed by atoms with Crippen LogP contribution in [0.2, 0.25) is 0 Å². The van der Waals surface area contributed by atoms with Gasteiger partial charge >= 0.3 is 0 Å². The Balaban J connectivity index is 2.31. The molecule has 0 heterocycles. The normalized spacial score (nSPS) is 10.9. The van der Waals surface area contributed by atoms with Gasteiger partial charge in [-0.3, -0.25) is 0 Å². The van der Waals surface area contributed by atoms with Crippen molar-refractivity contribution in [2.45, 2.75) is 13.0 Å². The van der Waals surface area contributed by atoms with Gasteiger partial charge in [0.1, 0.15) is 0 Å². The first-order valence-corrected chi connectivity index (χ1v) is 6.38. The summed E-state index contributed by atoms with van der Waals surface area (Å²) in [5.41, 5.74) is 1.39. The second kappa shape index (κ2) is 7.19. The number of benzene rings is 1. The topological polar surface area (TPSA) is 15.3 Å². The lowest BCUT2D eigenvalue weighted by atomic mass is 10.2. The number of hydrogen-bond donors (Lipinski definition) is 1. The Hall–Kier alpha value is -0.130. The maximum Gasteiger partial charge on any atom is 0.0230 e. The van der Waals surface area contributed by atoms with Gasteiger partial charge in [0.05, 0.1) is 0 Å². The third-order valence-corrected chi connectivity index (χ3v) is 3.05. The standard InChI is InChI=1S/C12H19IN2/c1-14-8-3-9-15(2)10-11-4-6-12(13)7-5-11/h4-7,14H,3,8-10H2,1-2H3. The van der Waals surface area contributed by atoms with Crippen LogP contribution in [0, 0.1) is 3.57 Å². The van der Waals surface area contributed by atoms with Crippen LogP contribution in [0.25, 0.3) is 0 Å². The molecule has 0 spiro atoms. The molecule has 1 rings (SSSR count). The van der Waals surface area contributed by atoms with Gasteiger partial charge in [-0.15, -0.1) is 0 Å². The van der Waals surface area contributed by atoms with E-state index in [2.05, 4.69) is 64.1 Å². The molecule has 2 nitrogen and oxygen atoms in total. The van der Waals surface area contributed by atoms with E-state index in [9.17, 15) is 0 Å². The van der Waals surface area contributed by atoms with Crippen LogP contribution in [-0.2, 0) is 6.54 Å². The molecule has 84 valence electrons. The van der Waals surface area contributed by atoms with Crippen LogP contribution in [0.3, 0.4) is 0 Å². The van der Waals surface area contributed by atoms with Gasteiger partial charge in [-0.05, 0) is 73.9 Å². The largest absolute Gasteiger partial charge is 0.320 e. The van der Waals surface area contributed by atoms with E-state index < -0.39 is 0 Å². The Morgan fingerprint density at radius 2 is 1.93 bits per heavy atom. The molecule has 15 heavy (non-hydrogen) atoms. The van der Waals surface area contributed by atoms with Crippen LogP contribution in [0.15, 0.2) is 24.3 Å². The molecule has 0 aliphatic rings. The van der Waals surface area contributed by atoms with Crippen molar-refractivity contribution >= 4 is 22.6 Å². The molecule has 3 heteroatoms. The third kappa shape index (κ3) is 5.49. The van der Waals surface area contributed by atoms with Crippen LogP contribution in [0.1, 0.15) is 12.0 Å². The second-order valence-corrected chi connectivity index (χ2v) is 5.07. The first-order valence-electron chi connectivity index (χ1n) is 5.30. The smallest absolute Gasteiger partial charge is 0.0230 e. The van der Waals surface area contributed by atoms with Crippen molar-refractivity contribution in [3.63, 3.8) is 0 Å². The summed E-state index contributed by atoms with van der Waals surface area (Å²) < 4.78 is 1.30. The number of rotatable bonds is 6. The van der Waals surface area contributed by atoms with Crippen molar-refractivity contribution in [1.29, 1.82) is 0 Å². The maximum absolute atomic E-state index is 3.17. The van der Waals surface area contributed by atoms with E-state index >= 15 is 0 Å². The first kappa shape index (κ1) is 12.9. The Morgan fingerprint density at radius 1 is 1.27 bits per heavy atom. The zero-order chi connectivity index (χ0) is 11.1. The van der Waals surface area contributed by atoms with Crippen molar-refractivity contribution < 1.29 is 0 Å². The van der Waals surface area contributed by atoms with Crippen molar-refractivity contribution in [2.24, 2.45) is 0 Å². The summed E-state index contributed by atoms with van der Waals surface area (Å²) in [4.78, 5) is 2.36. The van der Waals surface area contributed by atoms with Crippen LogP contribution in [0.4, 0.5) is 0 Å². The highest BCUT2D eigenvalue weighted by Gasteiger charge is 1.99. The van der Waals surface area contributed by atoms with E-state index in [1.165, 1.54) is 15.6 Å². The first-order chi connectivity index (χ1) is 7.22. The molecule has 1 N–H and O–H groups in total. The zero-order valence-corrected chi connectivity index (χ0v) is 11.6. The highest BCUT2D eigenvalue weighted by Crippen LogP contribution is 2.08. The lowest BCUT2D eigenvalue weighted by molar-refractivity contribution is 0.321. The molecule has 0 unspecified atom stereocenters. The molecule has 0 aliphatic heterocycles. The van der Waals surface area contributed by atoms with Gasteiger partial charge in [-0.2, -0.15) is 0 Å². The SMILES string of the molecule is CNCCCN(C)Cc1ccc(I)cc1. The molecule has 0 bridgehead atoms. The monoisotopic (exact) mass is 318 g/mol. The van der Waals surface area contributed by atoms with Gasteiger partial charge in [0.2, 0.25) is 0 Å².